The molecule has 0 saturated carbocycles. The number of carbonyl (C=O) groups is 1. The minimum atomic E-state index is -0.0200. The van der Waals surface area contributed by atoms with Gasteiger partial charge in [0.25, 0.3) is 0 Å². The fourth-order valence-corrected chi connectivity index (χ4v) is 1.64. The minimum Gasteiger partial charge on any atom is -0.506 e. The Morgan fingerprint density at radius 2 is 1.93 bits per heavy atom. The number of aryl methyl sites for hydroxylation is 1. The number of anilines is 1. The standard InChI is InChI=1S/C10H11NO2.C2H6/c1-6-2-4-8(12)10-7(6)3-5-9(13)11-10;1-2/h2,4,12H,3,5H2,1H3,(H,11,13);1-2H3. The molecule has 1 heterocycles. The first kappa shape index (κ1) is 11.6. The Bertz CT molecular complexity index is 372. The van der Waals surface area contributed by atoms with Gasteiger partial charge in [0.05, 0.1) is 5.69 Å². The van der Waals surface area contributed by atoms with E-state index in [0.717, 1.165) is 17.5 Å². The topological polar surface area (TPSA) is 49.3 Å². The Morgan fingerprint density at radius 1 is 1.27 bits per heavy atom. The van der Waals surface area contributed by atoms with Crippen LogP contribution in [0.5, 0.6) is 5.75 Å². The lowest BCUT2D eigenvalue weighted by atomic mass is 9.97. The average molecular weight is 207 g/mol. The number of aromatic hydroxyl groups is 1. The second-order valence-electron chi connectivity index (χ2n) is 3.30. The Morgan fingerprint density at radius 3 is 2.60 bits per heavy atom. The first-order chi connectivity index (χ1) is 7.18. The van der Waals surface area contributed by atoms with Crippen molar-refractivity contribution in [3.63, 3.8) is 0 Å². The van der Waals surface area contributed by atoms with E-state index in [0.29, 0.717) is 12.1 Å². The maximum Gasteiger partial charge on any atom is 0.224 e. The lowest BCUT2D eigenvalue weighted by molar-refractivity contribution is -0.116. The van der Waals surface area contributed by atoms with Gasteiger partial charge < -0.3 is 10.4 Å². The van der Waals surface area contributed by atoms with Gasteiger partial charge in [0.15, 0.2) is 0 Å². The number of hydrogen-bond donors (Lipinski definition) is 2. The van der Waals surface area contributed by atoms with Crippen LogP contribution in [-0.2, 0) is 11.2 Å². The van der Waals surface area contributed by atoms with E-state index in [1.165, 1.54) is 0 Å². The molecule has 0 spiro atoms. The van der Waals surface area contributed by atoms with Crippen molar-refractivity contribution < 1.29 is 9.90 Å². The molecule has 0 saturated heterocycles. The molecular formula is C12H17NO2. The van der Waals surface area contributed by atoms with Crippen LogP contribution in [0.4, 0.5) is 5.69 Å². The zero-order valence-electron chi connectivity index (χ0n) is 9.42. The van der Waals surface area contributed by atoms with Gasteiger partial charge in [-0.3, -0.25) is 4.79 Å². The fourth-order valence-electron chi connectivity index (χ4n) is 1.64. The number of hydrogen-bond acceptors (Lipinski definition) is 2. The molecule has 1 aliphatic rings. The Kier molecular flexibility index (Phi) is 3.72. The van der Waals surface area contributed by atoms with Gasteiger partial charge in [-0.25, -0.2) is 0 Å². The fraction of sp³-hybridized carbons (Fsp3) is 0.417. The summed E-state index contributed by atoms with van der Waals surface area (Å²) in [5, 5.41) is 12.2. The van der Waals surface area contributed by atoms with E-state index in [2.05, 4.69) is 5.32 Å². The highest BCUT2D eigenvalue weighted by Crippen LogP contribution is 2.33. The maximum absolute atomic E-state index is 11.1. The molecule has 1 aromatic carbocycles. The normalized spacial score (nSPS) is 13.4. The van der Waals surface area contributed by atoms with E-state index in [1.54, 1.807) is 6.07 Å². The third-order valence-electron chi connectivity index (χ3n) is 2.39. The monoisotopic (exact) mass is 207 g/mol. The first-order valence-corrected chi connectivity index (χ1v) is 5.30. The number of rotatable bonds is 0. The van der Waals surface area contributed by atoms with Gasteiger partial charge in [0.1, 0.15) is 5.75 Å². The van der Waals surface area contributed by atoms with Gasteiger partial charge in [-0.15, -0.1) is 0 Å². The quantitative estimate of drug-likeness (QED) is 0.642. The van der Waals surface area contributed by atoms with Crippen LogP contribution >= 0.6 is 0 Å². The number of nitrogens with one attached hydrogen (secondary N) is 1. The van der Waals surface area contributed by atoms with Gasteiger partial charge in [0.2, 0.25) is 5.91 Å². The highest BCUT2D eigenvalue weighted by Gasteiger charge is 2.18. The van der Waals surface area contributed by atoms with Gasteiger partial charge in [-0.2, -0.15) is 0 Å². The van der Waals surface area contributed by atoms with Crippen molar-refractivity contribution >= 4 is 11.6 Å². The van der Waals surface area contributed by atoms with Crippen LogP contribution in [-0.4, -0.2) is 11.0 Å². The number of benzene rings is 1. The molecule has 82 valence electrons. The summed E-state index contributed by atoms with van der Waals surface area (Å²) in [5.74, 6) is 0.141. The van der Waals surface area contributed by atoms with E-state index in [1.807, 2.05) is 26.8 Å². The van der Waals surface area contributed by atoms with Crippen LogP contribution in [0.3, 0.4) is 0 Å². The molecule has 3 nitrogen and oxygen atoms in total. The van der Waals surface area contributed by atoms with E-state index in [4.69, 9.17) is 0 Å². The molecule has 15 heavy (non-hydrogen) atoms. The minimum absolute atomic E-state index is 0.0200. The van der Waals surface area contributed by atoms with Gasteiger partial charge in [-0.05, 0) is 30.5 Å². The SMILES string of the molecule is CC.Cc1ccc(O)c2c1CCC(=O)N2. The molecule has 0 bridgehead atoms. The maximum atomic E-state index is 11.1. The van der Waals surface area contributed by atoms with E-state index in [9.17, 15) is 9.90 Å². The summed E-state index contributed by atoms with van der Waals surface area (Å²) in [6, 6.07) is 3.48. The van der Waals surface area contributed by atoms with Gasteiger partial charge in [0, 0.05) is 6.42 Å². The first-order valence-electron chi connectivity index (χ1n) is 5.30. The second kappa shape index (κ2) is 4.82. The molecule has 0 aromatic heterocycles. The molecule has 1 aliphatic heterocycles. The molecule has 3 heteroatoms. The zero-order chi connectivity index (χ0) is 11.4. The second-order valence-corrected chi connectivity index (χ2v) is 3.30. The zero-order valence-corrected chi connectivity index (χ0v) is 9.42. The Labute approximate surface area is 90.1 Å². The van der Waals surface area contributed by atoms with Crippen molar-refractivity contribution in [3.8, 4) is 5.75 Å². The third kappa shape index (κ3) is 2.29. The van der Waals surface area contributed by atoms with Crippen molar-refractivity contribution in [2.45, 2.75) is 33.6 Å². The Balaban J connectivity index is 0.000000531. The molecular weight excluding hydrogens is 190 g/mol. The van der Waals surface area contributed by atoms with Crippen LogP contribution < -0.4 is 5.32 Å². The molecule has 0 aliphatic carbocycles. The van der Waals surface area contributed by atoms with Crippen LogP contribution in [0.25, 0.3) is 0 Å². The van der Waals surface area contributed by atoms with E-state index in [-0.39, 0.29) is 11.7 Å². The molecule has 1 amide bonds. The van der Waals surface area contributed by atoms with Crippen LogP contribution in [0.2, 0.25) is 0 Å². The molecule has 1 aromatic rings. The van der Waals surface area contributed by atoms with Crippen molar-refractivity contribution in [1.82, 2.24) is 0 Å². The number of amides is 1. The molecule has 2 rings (SSSR count). The summed E-state index contributed by atoms with van der Waals surface area (Å²) < 4.78 is 0. The molecule has 0 radical (unpaired) electrons. The summed E-state index contributed by atoms with van der Waals surface area (Å²) >= 11 is 0. The largest absolute Gasteiger partial charge is 0.506 e. The molecule has 0 unspecified atom stereocenters. The van der Waals surface area contributed by atoms with Crippen LogP contribution in [0.1, 0.15) is 31.4 Å². The summed E-state index contributed by atoms with van der Waals surface area (Å²) in [6.45, 7) is 5.98. The third-order valence-corrected chi connectivity index (χ3v) is 2.39. The number of fused-ring (bicyclic) bond motifs is 1. The van der Waals surface area contributed by atoms with Crippen molar-refractivity contribution in [2.24, 2.45) is 0 Å². The highest BCUT2D eigenvalue weighted by molar-refractivity contribution is 5.95. The van der Waals surface area contributed by atoms with Crippen molar-refractivity contribution in [3.05, 3.63) is 23.3 Å². The highest BCUT2D eigenvalue weighted by atomic mass is 16.3. The Hall–Kier alpha value is -1.51. The average Bonchev–Trinajstić information content (AvgIpc) is 2.27. The van der Waals surface area contributed by atoms with E-state index >= 15 is 0 Å². The molecule has 0 atom stereocenters. The van der Waals surface area contributed by atoms with Crippen molar-refractivity contribution in [2.75, 3.05) is 5.32 Å². The number of carbonyl (C=O) groups excluding carboxylic acids is 1. The number of phenols is 1. The lowest BCUT2D eigenvalue weighted by Crippen LogP contribution is -2.19. The smallest absolute Gasteiger partial charge is 0.224 e. The van der Waals surface area contributed by atoms with Crippen molar-refractivity contribution in [1.29, 1.82) is 0 Å². The summed E-state index contributed by atoms with van der Waals surface area (Å²) in [7, 11) is 0. The van der Waals surface area contributed by atoms with E-state index < -0.39 is 0 Å². The van der Waals surface area contributed by atoms with Gasteiger partial charge in [-0.1, -0.05) is 19.9 Å². The van der Waals surface area contributed by atoms with Crippen LogP contribution in [0, 0.1) is 6.92 Å². The lowest BCUT2D eigenvalue weighted by Gasteiger charge is -2.19. The summed E-state index contributed by atoms with van der Waals surface area (Å²) in [4.78, 5) is 11.1. The summed E-state index contributed by atoms with van der Waals surface area (Å²) in [6.07, 6.45) is 1.23. The van der Waals surface area contributed by atoms with Gasteiger partial charge >= 0.3 is 0 Å². The molecule has 2 N–H and O–H groups in total. The van der Waals surface area contributed by atoms with Crippen LogP contribution in [0.15, 0.2) is 12.1 Å². The predicted octanol–water partition coefficient (Wildman–Crippen LogP) is 2.61. The molecule has 0 fully saturated rings. The summed E-state index contributed by atoms with van der Waals surface area (Å²) in [5.41, 5.74) is 2.77. The number of phenolic OH excluding ortho intramolecular Hbond substituents is 1. The predicted molar refractivity (Wildman–Crippen MR) is 61.1 cm³/mol.